The first-order valence-corrected chi connectivity index (χ1v) is 7.03. The minimum Gasteiger partial charge on any atom is -0.325 e. The van der Waals surface area contributed by atoms with Gasteiger partial charge in [-0.05, 0) is 38.8 Å². The summed E-state index contributed by atoms with van der Waals surface area (Å²) in [5.41, 5.74) is 4.10. The van der Waals surface area contributed by atoms with Crippen LogP contribution in [0.25, 0.3) is 0 Å². The molecule has 104 valence electrons. The third-order valence-electron chi connectivity index (χ3n) is 3.67. The molecule has 2 rings (SSSR count). The summed E-state index contributed by atoms with van der Waals surface area (Å²) in [6, 6.07) is 10.5. The number of hydrogen-bond donors (Lipinski definition) is 2. The summed E-state index contributed by atoms with van der Waals surface area (Å²) in [4.78, 5) is 11.9. The Morgan fingerprint density at radius 2 is 1.84 bits per heavy atom. The summed E-state index contributed by atoms with van der Waals surface area (Å²) < 4.78 is 0. The monoisotopic (exact) mass is 261 g/mol. The van der Waals surface area contributed by atoms with Crippen molar-refractivity contribution in [2.24, 2.45) is 0 Å². The summed E-state index contributed by atoms with van der Waals surface area (Å²) in [6.45, 7) is 4.74. The Bertz CT molecular complexity index is 397. The van der Waals surface area contributed by atoms with Crippen LogP contribution in [-0.2, 0) is 4.79 Å². The molecule has 1 amide bonds. The van der Waals surface area contributed by atoms with Crippen molar-refractivity contribution in [3.8, 4) is 0 Å². The lowest BCUT2D eigenvalue weighted by Crippen LogP contribution is -2.53. The maximum atomic E-state index is 11.9. The fourth-order valence-corrected chi connectivity index (χ4v) is 2.62. The summed E-state index contributed by atoms with van der Waals surface area (Å²) in [5.74, 6) is -0.00354. The lowest BCUT2D eigenvalue weighted by Gasteiger charge is -2.38. The quantitative estimate of drug-likeness (QED) is 0.874. The van der Waals surface area contributed by atoms with E-state index in [1.54, 1.807) is 0 Å². The molecule has 1 aliphatic heterocycles. The summed E-state index contributed by atoms with van der Waals surface area (Å²) in [5, 5.41) is 5.10. The highest BCUT2D eigenvalue weighted by molar-refractivity contribution is 5.92. The van der Waals surface area contributed by atoms with E-state index >= 15 is 0 Å². The second-order valence-electron chi connectivity index (χ2n) is 5.29. The summed E-state index contributed by atoms with van der Waals surface area (Å²) in [6.07, 6.45) is 3.66. The van der Waals surface area contributed by atoms with Gasteiger partial charge in [-0.2, -0.15) is 0 Å². The van der Waals surface area contributed by atoms with E-state index in [-0.39, 0.29) is 5.91 Å². The molecule has 0 bridgehead atoms. The number of piperidine rings is 1. The molecule has 2 atom stereocenters. The molecule has 1 fully saturated rings. The number of amides is 1. The number of carbonyl (C=O) groups is 1. The van der Waals surface area contributed by atoms with Gasteiger partial charge >= 0.3 is 0 Å². The van der Waals surface area contributed by atoms with Crippen molar-refractivity contribution < 1.29 is 4.79 Å². The predicted molar refractivity (Wildman–Crippen MR) is 77.7 cm³/mol. The first-order valence-electron chi connectivity index (χ1n) is 7.03. The van der Waals surface area contributed by atoms with E-state index < -0.39 is 0 Å². The molecule has 0 aromatic heterocycles. The molecule has 0 spiro atoms. The van der Waals surface area contributed by atoms with Crippen LogP contribution in [0.4, 0.5) is 5.69 Å². The lowest BCUT2D eigenvalue weighted by atomic mass is 10.00. The number of benzene rings is 1. The van der Waals surface area contributed by atoms with Crippen LogP contribution in [0.3, 0.4) is 0 Å². The van der Waals surface area contributed by atoms with Gasteiger partial charge < -0.3 is 5.32 Å². The van der Waals surface area contributed by atoms with Gasteiger partial charge in [-0.15, -0.1) is 0 Å². The highest BCUT2D eigenvalue weighted by Crippen LogP contribution is 2.19. The average Bonchev–Trinajstić information content (AvgIpc) is 2.39. The molecule has 2 unspecified atom stereocenters. The zero-order valence-corrected chi connectivity index (χ0v) is 11.7. The van der Waals surface area contributed by atoms with Gasteiger partial charge in [0, 0.05) is 17.8 Å². The minimum absolute atomic E-state index is 0.00354. The fourth-order valence-electron chi connectivity index (χ4n) is 2.62. The van der Waals surface area contributed by atoms with E-state index in [4.69, 9.17) is 0 Å². The highest BCUT2D eigenvalue weighted by Gasteiger charge is 2.24. The van der Waals surface area contributed by atoms with Crippen molar-refractivity contribution in [1.82, 2.24) is 10.4 Å². The summed E-state index contributed by atoms with van der Waals surface area (Å²) >= 11 is 0. The van der Waals surface area contributed by atoms with Crippen LogP contribution in [0.1, 0.15) is 33.1 Å². The molecule has 1 aromatic carbocycles. The number of rotatable bonds is 4. The predicted octanol–water partition coefficient (Wildman–Crippen LogP) is 2.39. The number of hydrazine groups is 1. The fraction of sp³-hybridized carbons (Fsp3) is 0.533. The van der Waals surface area contributed by atoms with E-state index in [0.29, 0.717) is 18.6 Å². The van der Waals surface area contributed by atoms with Crippen LogP contribution in [0.5, 0.6) is 0 Å². The van der Waals surface area contributed by atoms with E-state index in [0.717, 1.165) is 5.69 Å². The topological polar surface area (TPSA) is 44.4 Å². The van der Waals surface area contributed by atoms with Gasteiger partial charge in [0.1, 0.15) is 0 Å². The van der Waals surface area contributed by atoms with Crippen LogP contribution < -0.4 is 10.7 Å². The average molecular weight is 261 g/mol. The van der Waals surface area contributed by atoms with Gasteiger partial charge in [0.05, 0.1) is 6.54 Å². The van der Waals surface area contributed by atoms with E-state index in [9.17, 15) is 4.79 Å². The Hall–Kier alpha value is -1.39. The first kappa shape index (κ1) is 14.0. The Morgan fingerprint density at radius 1 is 1.21 bits per heavy atom. The van der Waals surface area contributed by atoms with Gasteiger partial charge in [0.2, 0.25) is 5.91 Å². The number of nitrogens with one attached hydrogen (secondary N) is 2. The van der Waals surface area contributed by atoms with E-state index in [1.165, 1.54) is 19.3 Å². The summed E-state index contributed by atoms with van der Waals surface area (Å²) in [7, 11) is 0. The van der Waals surface area contributed by atoms with Crippen molar-refractivity contribution in [3.63, 3.8) is 0 Å². The number of para-hydroxylation sites is 1. The van der Waals surface area contributed by atoms with Crippen LogP contribution in [-0.4, -0.2) is 29.5 Å². The molecule has 0 saturated carbocycles. The minimum atomic E-state index is -0.00354. The van der Waals surface area contributed by atoms with Gasteiger partial charge in [-0.3, -0.25) is 4.79 Å². The highest BCUT2D eigenvalue weighted by atomic mass is 16.2. The molecular formula is C15H23N3O. The molecule has 19 heavy (non-hydrogen) atoms. The molecular weight excluding hydrogens is 238 g/mol. The van der Waals surface area contributed by atoms with Crippen molar-refractivity contribution >= 4 is 11.6 Å². The van der Waals surface area contributed by atoms with Crippen LogP contribution >= 0.6 is 0 Å². The van der Waals surface area contributed by atoms with Crippen molar-refractivity contribution in [3.05, 3.63) is 30.3 Å². The van der Waals surface area contributed by atoms with E-state index in [2.05, 4.69) is 29.6 Å². The third-order valence-corrected chi connectivity index (χ3v) is 3.67. The zero-order chi connectivity index (χ0) is 13.7. The van der Waals surface area contributed by atoms with Crippen molar-refractivity contribution in [2.45, 2.75) is 45.2 Å². The second kappa shape index (κ2) is 6.68. The van der Waals surface area contributed by atoms with Gasteiger partial charge in [-0.1, -0.05) is 24.6 Å². The third kappa shape index (κ3) is 4.04. The normalized spacial score (nSPS) is 24.1. The molecule has 1 heterocycles. The van der Waals surface area contributed by atoms with Gasteiger partial charge in [-0.25, -0.2) is 10.4 Å². The lowest BCUT2D eigenvalue weighted by molar-refractivity contribution is -0.117. The molecule has 0 aliphatic carbocycles. The zero-order valence-electron chi connectivity index (χ0n) is 11.7. The first-order chi connectivity index (χ1) is 9.16. The number of anilines is 1. The second-order valence-corrected chi connectivity index (χ2v) is 5.29. The van der Waals surface area contributed by atoms with Crippen molar-refractivity contribution in [1.29, 1.82) is 0 Å². The Morgan fingerprint density at radius 3 is 2.47 bits per heavy atom. The molecule has 4 nitrogen and oxygen atoms in total. The van der Waals surface area contributed by atoms with E-state index in [1.807, 2.05) is 30.3 Å². The molecule has 1 aliphatic rings. The molecule has 4 heteroatoms. The van der Waals surface area contributed by atoms with Crippen LogP contribution in [0.15, 0.2) is 30.3 Å². The van der Waals surface area contributed by atoms with Crippen LogP contribution in [0, 0.1) is 0 Å². The smallest absolute Gasteiger partial charge is 0.239 e. The Balaban J connectivity index is 1.80. The maximum Gasteiger partial charge on any atom is 0.239 e. The van der Waals surface area contributed by atoms with Crippen molar-refractivity contribution in [2.75, 3.05) is 11.9 Å². The molecule has 2 N–H and O–H groups in total. The van der Waals surface area contributed by atoms with Gasteiger partial charge in [0.15, 0.2) is 0 Å². The Kier molecular flexibility index (Phi) is 4.93. The molecule has 0 radical (unpaired) electrons. The largest absolute Gasteiger partial charge is 0.325 e. The standard InChI is InChI=1S/C15H23N3O/c1-12-7-6-8-13(2)18(12)16-11-15(19)17-14-9-4-3-5-10-14/h3-5,9-10,12-13,16H,6-8,11H2,1-2H3,(H,17,19). The SMILES string of the molecule is CC1CCCC(C)N1NCC(=O)Nc1ccccc1. The van der Waals surface area contributed by atoms with Gasteiger partial charge in [0.25, 0.3) is 0 Å². The number of nitrogens with zero attached hydrogens (tertiary/aromatic N) is 1. The number of hydrogen-bond acceptors (Lipinski definition) is 3. The Labute approximate surface area is 115 Å². The number of carbonyl (C=O) groups excluding carboxylic acids is 1. The maximum absolute atomic E-state index is 11.9. The van der Waals surface area contributed by atoms with Crippen LogP contribution in [0.2, 0.25) is 0 Å². The molecule has 1 aromatic rings. The molecule has 1 saturated heterocycles.